The van der Waals surface area contributed by atoms with E-state index in [1.54, 1.807) is 12.1 Å². The summed E-state index contributed by atoms with van der Waals surface area (Å²) in [5.74, 6) is 0.228. The maximum absolute atomic E-state index is 11.0. The van der Waals surface area contributed by atoms with Crippen molar-refractivity contribution in [3.8, 4) is 0 Å². The van der Waals surface area contributed by atoms with Gasteiger partial charge < -0.3 is 16.0 Å². The number of hydrogen-bond acceptors (Lipinski definition) is 3. The van der Waals surface area contributed by atoms with E-state index in [2.05, 4.69) is 38.2 Å². The van der Waals surface area contributed by atoms with Crippen LogP contribution < -0.4 is 11.1 Å². The van der Waals surface area contributed by atoms with Crippen LogP contribution in [-0.2, 0) is 6.54 Å². The second kappa shape index (κ2) is 7.26. The van der Waals surface area contributed by atoms with E-state index in [1.165, 1.54) is 0 Å². The van der Waals surface area contributed by atoms with E-state index >= 15 is 0 Å². The van der Waals surface area contributed by atoms with Crippen molar-refractivity contribution in [3.63, 3.8) is 0 Å². The molecule has 0 aliphatic heterocycles. The van der Waals surface area contributed by atoms with Crippen LogP contribution in [0.5, 0.6) is 0 Å². The van der Waals surface area contributed by atoms with Gasteiger partial charge in [0.2, 0.25) is 5.91 Å². The van der Waals surface area contributed by atoms with Crippen LogP contribution in [0.1, 0.15) is 29.8 Å². The number of nitrogens with zero attached hydrogens (tertiary/aromatic N) is 1. The van der Waals surface area contributed by atoms with E-state index < -0.39 is 0 Å². The van der Waals surface area contributed by atoms with Crippen molar-refractivity contribution < 1.29 is 4.79 Å². The van der Waals surface area contributed by atoms with Crippen molar-refractivity contribution in [2.24, 2.45) is 11.7 Å². The summed E-state index contributed by atoms with van der Waals surface area (Å²) in [6.07, 6.45) is 0. The molecule has 1 aromatic rings. The average Bonchev–Trinajstić information content (AvgIpc) is 2.34. The minimum absolute atomic E-state index is 0.382. The minimum atomic E-state index is -0.382. The SMILES string of the molecule is CC(C)C(CNCc1ccc(C(N)=O)cc1)N(C)C. The number of nitrogens with one attached hydrogen (secondary N) is 1. The molecule has 0 aliphatic rings. The van der Waals surface area contributed by atoms with Gasteiger partial charge in [-0.3, -0.25) is 4.79 Å². The van der Waals surface area contributed by atoms with Crippen LogP contribution in [0.15, 0.2) is 24.3 Å². The Bertz CT molecular complexity index is 390. The van der Waals surface area contributed by atoms with Crippen molar-refractivity contribution in [2.45, 2.75) is 26.4 Å². The van der Waals surface area contributed by atoms with Gasteiger partial charge in [-0.25, -0.2) is 0 Å². The van der Waals surface area contributed by atoms with Gasteiger partial charge in [0, 0.05) is 24.7 Å². The van der Waals surface area contributed by atoms with Crippen LogP contribution >= 0.6 is 0 Å². The highest BCUT2D eigenvalue weighted by Crippen LogP contribution is 2.07. The minimum Gasteiger partial charge on any atom is -0.366 e. The third-order valence-electron chi connectivity index (χ3n) is 3.35. The fourth-order valence-electron chi connectivity index (χ4n) is 2.17. The standard InChI is InChI=1S/C15H25N3O/c1-11(2)14(18(3)4)10-17-9-12-5-7-13(8-6-12)15(16)19/h5-8,11,14,17H,9-10H2,1-4H3,(H2,16,19). The molecule has 0 saturated heterocycles. The summed E-state index contributed by atoms with van der Waals surface area (Å²) >= 11 is 0. The van der Waals surface area contributed by atoms with Crippen molar-refractivity contribution in [3.05, 3.63) is 35.4 Å². The molecule has 1 unspecified atom stereocenters. The highest BCUT2D eigenvalue weighted by molar-refractivity contribution is 5.92. The lowest BCUT2D eigenvalue weighted by atomic mass is 10.0. The molecule has 0 fully saturated rings. The summed E-state index contributed by atoms with van der Waals surface area (Å²) in [6, 6.07) is 7.93. The van der Waals surface area contributed by atoms with E-state index in [9.17, 15) is 4.79 Å². The van der Waals surface area contributed by atoms with Gasteiger partial charge in [-0.2, -0.15) is 0 Å². The smallest absolute Gasteiger partial charge is 0.248 e. The van der Waals surface area contributed by atoms with Crippen molar-refractivity contribution in [2.75, 3.05) is 20.6 Å². The van der Waals surface area contributed by atoms with Crippen LogP contribution in [0.3, 0.4) is 0 Å². The molecule has 4 nitrogen and oxygen atoms in total. The van der Waals surface area contributed by atoms with Crippen molar-refractivity contribution in [1.82, 2.24) is 10.2 Å². The van der Waals surface area contributed by atoms with E-state index in [0.717, 1.165) is 18.7 Å². The molecule has 106 valence electrons. The van der Waals surface area contributed by atoms with Gasteiger partial charge in [-0.05, 0) is 37.7 Å². The van der Waals surface area contributed by atoms with Gasteiger partial charge >= 0.3 is 0 Å². The second-order valence-corrected chi connectivity index (χ2v) is 5.47. The molecule has 19 heavy (non-hydrogen) atoms. The lowest BCUT2D eigenvalue weighted by Gasteiger charge is -2.28. The van der Waals surface area contributed by atoms with Crippen molar-refractivity contribution >= 4 is 5.91 Å². The molecule has 1 atom stereocenters. The second-order valence-electron chi connectivity index (χ2n) is 5.47. The largest absolute Gasteiger partial charge is 0.366 e. The summed E-state index contributed by atoms with van der Waals surface area (Å²) in [6.45, 7) is 6.21. The number of carbonyl (C=O) groups excluding carboxylic acids is 1. The summed E-state index contributed by atoms with van der Waals surface area (Å²) in [5.41, 5.74) is 6.92. The first-order valence-electron chi connectivity index (χ1n) is 6.67. The summed E-state index contributed by atoms with van der Waals surface area (Å²) in [7, 11) is 4.21. The van der Waals surface area contributed by atoms with Gasteiger partial charge in [-0.15, -0.1) is 0 Å². The number of primary amides is 1. The Morgan fingerprint density at radius 2 is 1.84 bits per heavy atom. The molecule has 0 bridgehead atoms. The first-order valence-corrected chi connectivity index (χ1v) is 6.67. The molecule has 0 spiro atoms. The Morgan fingerprint density at radius 3 is 2.26 bits per heavy atom. The fraction of sp³-hybridized carbons (Fsp3) is 0.533. The Labute approximate surface area is 116 Å². The fourth-order valence-corrected chi connectivity index (χ4v) is 2.17. The summed E-state index contributed by atoms with van der Waals surface area (Å²) < 4.78 is 0. The third kappa shape index (κ3) is 5.01. The maximum atomic E-state index is 11.0. The molecule has 1 amide bonds. The van der Waals surface area contributed by atoms with Crippen LogP contribution in [0.25, 0.3) is 0 Å². The molecule has 3 N–H and O–H groups in total. The van der Waals surface area contributed by atoms with E-state index in [0.29, 0.717) is 17.5 Å². The zero-order valence-corrected chi connectivity index (χ0v) is 12.3. The van der Waals surface area contributed by atoms with Crippen LogP contribution in [-0.4, -0.2) is 37.5 Å². The lowest BCUT2D eigenvalue weighted by Crippen LogP contribution is -2.41. The third-order valence-corrected chi connectivity index (χ3v) is 3.35. The first kappa shape index (κ1) is 15.7. The van der Waals surface area contributed by atoms with Gasteiger partial charge in [-0.1, -0.05) is 26.0 Å². The number of rotatable bonds is 7. The Kier molecular flexibility index (Phi) is 5.99. The van der Waals surface area contributed by atoms with E-state index in [-0.39, 0.29) is 5.91 Å². The van der Waals surface area contributed by atoms with Gasteiger partial charge in [0.1, 0.15) is 0 Å². The highest BCUT2D eigenvalue weighted by atomic mass is 16.1. The lowest BCUT2D eigenvalue weighted by molar-refractivity contribution is 0.100. The molecule has 0 radical (unpaired) electrons. The molecule has 1 aromatic carbocycles. The number of likely N-dealkylation sites (N-methyl/N-ethyl adjacent to an activating group) is 1. The zero-order valence-electron chi connectivity index (χ0n) is 12.3. The molecule has 0 saturated carbocycles. The summed E-state index contributed by atoms with van der Waals surface area (Å²) in [5, 5.41) is 3.46. The first-order chi connectivity index (χ1) is 8.91. The molecule has 0 aromatic heterocycles. The Hall–Kier alpha value is -1.39. The monoisotopic (exact) mass is 263 g/mol. The molecule has 0 aliphatic carbocycles. The van der Waals surface area contributed by atoms with Crippen molar-refractivity contribution in [1.29, 1.82) is 0 Å². The molecule has 0 heterocycles. The van der Waals surface area contributed by atoms with Gasteiger partial charge in [0.05, 0.1) is 0 Å². The number of hydrogen-bond donors (Lipinski definition) is 2. The van der Waals surface area contributed by atoms with Gasteiger partial charge in [0.15, 0.2) is 0 Å². The highest BCUT2D eigenvalue weighted by Gasteiger charge is 2.14. The predicted octanol–water partition coefficient (Wildman–Crippen LogP) is 1.46. The maximum Gasteiger partial charge on any atom is 0.248 e. The Balaban J connectivity index is 2.46. The number of nitrogens with two attached hydrogens (primary N) is 1. The topological polar surface area (TPSA) is 58.4 Å². The average molecular weight is 263 g/mol. The van der Waals surface area contributed by atoms with Gasteiger partial charge in [0.25, 0.3) is 0 Å². The number of amides is 1. The van der Waals surface area contributed by atoms with E-state index in [4.69, 9.17) is 5.73 Å². The van der Waals surface area contributed by atoms with Crippen LogP contribution in [0.2, 0.25) is 0 Å². The molecule has 1 rings (SSSR count). The number of benzene rings is 1. The van der Waals surface area contributed by atoms with Crippen LogP contribution in [0.4, 0.5) is 0 Å². The van der Waals surface area contributed by atoms with Crippen LogP contribution in [0, 0.1) is 5.92 Å². The Morgan fingerprint density at radius 1 is 1.26 bits per heavy atom. The molecular weight excluding hydrogens is 238 g/mol. The summed E-state index contributed by atoms with van der Waals surface area (Å²) in [4.78, 5) is 13.2. The predicted molar refractivity (Wildman–Crippen MR) is 79.0 cm³/mol. The normalized spacial score (nSPS) is 12.9. The molecular formula is C15H25N3O. The molecule has 4 heteroatoms. The number of carbonyl (C=O) groups is 1. The quantitative estimate of drug-likeness (QED) is 0.783. The zero-order chi connectivity index (χ0) is 14.4. The van der Waals surface area contributed by atoms with E-state index in [1.807, 2.05) is 12.1 Å².